The number of hydrogen-bond acceptors (Lipinski definition) is 15. The van der Waals surface area contributed by atoms with E-state index < -0.39 is 97.5 Å². The van der Waals surface area contributed by atoms with E-state index >= 15 is 0 Å². The van der Waals surface area contributed by atoms with Crippen molar-refractivity contribution in [2.24, 2.45) is 5.92 Å². The first-order chi connectivity index (χ1) is 44.5. The highest BCUT2D eigenvalue weighted by Gasteiger charge is 2.30. The van der Waals surface area contributed by atoms with Gasteiger partial charge in [-0.1, -0.05) is 330 Å². The lowest BCUT2D eigenvalue weighted by atomic mass is 10.0. The molecule has 17 nitrogen and oxygen atoms in total. The van der Waals surface area contributed by atoms with Crippen molar-refractivity contribution in [3.05, 3.63) is 0 Å². The zero-order chi connectivity index (χ0) is 67.7. The molecule has 0 heterocycles. The lowest BCUT2D eigenvalue weighted by molar-refractivity contribution is -0.161. The summed E-state index contributed by atoms with van der Waals surface area (Å²) in [6, 6.07) is 0. The molecule has 0 amide bonds. The molecule has 0 fully saturated rings. The first-order valence-electron chi connectivity index (χ1n) is 38.1. The van der Waals surface area contributed by atoms with Crippen molar-refractivity contribution in [1.29, 1.82) is 0 Å². The molecule has 5 atom stereocenters. The Morgan fingerprint density at radius 3 is 0.739 bits per heavy atom. The lowest BCUT2D eigenvalue weighted by Crippen LogP contribution is -2.30. The van der Waals surface area contributed by atoms with Gasteiger partial charge >= 0.3 is 39.5 Å². The van der Waals surface area contributed by atoms with E-state index in [0.717, 1.165) is 96.3 Å². The quantitative estimate of drug-likeness (QED) is 0.0222. The minimum Gasteiger partial charge on any atom is -0.462 e. The number of ether oxygens (including phenoxy) is 4. The van der Waals surface area contributed by atoms with E-state index in [1.165, 1.54) is 199 Å². The van der Waals surface area contributed by atoms with Crippen LogP contribution in [0, 0.1) is 5.92 Å². The predicted molar refractivity (Wildman–Crippen MR) is 372 cm³/mol. The van der Waals surface area contributed by atoms with E-state index in [1.54, 1.807) is 0 Å². The Labute approximate surface area is 562 Å². The summed E-state index contributed by atoms with van der Waals surface area (Å²) in [7, 11) is -9.90. The molecule has 0 rings (SSSR count). The number of rotatable bonds is 73. The van der Waals surface area contributed by atoms with Crippen LogP contribution in [0.4, 0.5) is 0 Å². The monoisotopic (exact) mass is 1350 g/mol. The van der Waals surface area contributed by atoms with E-state index in [0.29, 0.717) is 31.6 Å². The third kappa shape index (κ3) is 66.7. The van der Waals surface area contributed by atoms with Crippen molar-refractivity contribution in [2.75, 3.05) is 39.6 Å². The molecule has 92 heavy (non-hydrogen) atoms. The number of aliphatic hydroxyl groups is 1. The van der Waals surface area contributed by atoms with E-state index in [9.17, 15) is 43.2 Å². The molecule has 0 aromatic rings. The third-order valence-electron chi connectivity index (χ3n) is 17.0. The Hall–Kier alpha value is -1.94. The molecule has 0 aliphatic rings. The zero-order valence-corrected chi connectivity index (χ0v) is 61.5. The highest BCUT2D eigenvalue weighted by Crippen LogP contribution is 2.45. The SMILES string of the molecule is CCCCCCCCCCCCCCCCCCCCC(=O)O[C@H](COC(=O)CCCCCCCCCCCCCCCC)COP(=O)(O)OC[C@@H](O)COP(=O)(O)OC[C@@H](COC(=O)CCCCCCCCC(C)C)OC(=O)CCCCCCCCCCCCC. The summed E-state index contributed by atoms with van der Waals surface area (Å²) < 4.78 is 68.4. The fourth-order valence-corrected chi connectivity index (χ4v) is 12.8. The molecule has 0 aromatic carbocycles. The number of hydrogen-bond donors (Lipinski definition) is 3. The van der Waals surface area contributed by atoms with Gasteiger partial charge in [-0.25, -0.2) is 9.13 Å². The number of carbonyl (C=O) groups is 4. The van der Waals surface area contributed by atoms with Crippen LogP contribution in [0.15, 0.2) is 0 Å². The average molecular weight is 1350 g/mol. The number of carbonyl (C=O) groups excluding carboxylic acids is 4. The summed E-state index contributed by atoms with van der Waals surface area (Å²) in [5, 5.41) is 10.6. The van der Waals surface area contributed by atoms with Crippen molar-refractivity contribution in [3.63, 3.8) is 0 Å². The summed E-state index contributed by atoms with van der Waals surface area (Å²) in [5.41, 5.74) is 0. The average Bonchev–Trinajstić information content (AvgIpc) is 3.74. The summed E-state index contributed by atoms with van der Waals surface area (Å²) in [6.07, 6.45) is 54.2. The van der Waals surface area contributed by atoms with E-state index in [2.05, 4.69) is 34.6 Å². The second-order valence-corrected chi connectivity index (χ2v) is 29.7. The minimum absolute atomic E-state index is 0.106. The van der Waals surface area contributed by atoms with Crippen molar-refractivity contribution in [1.82, 2.24) is 0 Å². The van der Waals surface area contributed by atoms with Crippen molar-refractivity contribution in [2.45, 2.75) is 400 Å². The number of esters is 4. The summed E-state index contributed by atoms with van der Waals surface area (Å²) in [6.45, 7) is 7.19. The van der Waals surface area contributed by atoms with Gasteiger partial charge in [0.05, 0.1) is 26.4 Å². The maximum Gasteiger partial charge on any atom is 0.472 e. The molecule has 546 valence electrons. The Morgan fingerprint density at radius 1 is 0.293 bits per heavy atom. The van der Waals surface area contributed by atoms with Crippen LogP contribution in [0.2, 0.25) is 0 Å². The van der Waals surface area contributed by atoms with Gasteiger partial charge in [-0.15, -0.1) is 0 Å². The Bertz CT molecular complexity index is 1770. The van der Waals surface area contributed by atoms with Crippen LogP contribution in [-0.2, 0) is 65.4 Å². The maximum absolute atomic E-state index is 13.1. The first-order valence-corrected chi connectivity index (χ1v) is 41.1. The van der Waals surface area contributed by atoms with Gasteiger partial charge in [0.25, 0.3) is 0 Å². The van der Waals surface area contributed by atoms with E-state index in [-0.39, 0.29) is 25.7 Å². The summed E-state index contributed by atoms with van der Waals surface area (Å²) in [4.78, 5) is 72.6. The molecule has 0 saturated carbocycles. The number of unbranched alkanes of at least 4 members (excludes halogenated alkanes) is 45. The number of phosphoric ester groups is 2. The molecule has 0 aliphatic heterocycles. The highest BCUT2D eigenvalue weighted by molar-refractivity contribution is 7.47. The minimum atomic E-state index is -4.95. The molecule has 0 aromatic heterocycles. The maximum atomic E-state index is 13.1. The Kier molecular flexibility index (Phi) is 64.9. The molecule has 2 unspecified atom stereocenters. The standard InChI is InChI=1S/C73H142O17P2/c1-6-9-12-15-18-21-24-26-28-29-30-31-33-36-39-42-49-54-59-73(78)89-68(62-83-70(75)56-51-46-40-37-35-32-27-25-22-19-16-13-10-7-2)64-87-91(79,80)85-60-67(74)61-86-92(81,82)88-65-69(63-84-71(76)57-52-47-44-43-45-50-55-66(4)5)90-72(77)58-53-48-41-38-34-23-20-17-14-11-8-3/h66-69,74H,6-65H2,1-5H3,(H,79,80)(H,81,82)/t67-,68-,69-/m1/s1. The molecular weight excluding hydrogens is 1210 g/mol. The van der Waals surface area contributed by atoms with Crippen molar-refractivity contribution in [3.8, 4) is 0 Å². The van der Waals surface area contributed by atoms with E-state index in [4.69, 9.17) is 37.0 Å². The lowest BCUT2D eigenvalue weighted by Gasteiger charge is -2.21. The predicted octanol–water partition coefficient (Wildman–Crippen LogP) is 21.3. The van der Waals surface area contributed by atoms with Gasteiger partial charge in [-0.05, 0) is 31.6 Å². The number of phosphoric acid groups is 2. The second-order valence-electron chi connectivity index (χ2n) is 26.8. The highest BCUT2D eigenvalue weighted by atomic mass is 31.2. The Morgan fingerprint density at radius 2 is 0.500 bits per heavy atom. The molecule has 0 bridgehead atoms. The molecule has 0 spiro atoms. The summed E-state index contributed by atoms with van der Waals surface area (Å²) in [5.74, 6) is -1.44. The van der Waals surface area contributed by atoms with E-state index in [1.807, 2.05) is 0 Å². The van der Waals surface area contributed by atoms with Crippen LogP contribution in [0.25, 0.3) is 0 Å². The van der Waals surface area contributed by atoms with Gasteiger partial charge in [0.1, 0.15) is 19.3 Å². The van der Waals surface area contributed by atoms with Crippen LogP contribution in [0.5, 0.6) is 0 Å². The van der Waals surface area contributed by atoms with Crippen LogP contribution in [0.3, 0.4) is 0 Å². The molecule has 3 N–H and O–H groups in total. The third-order valence-corrected chi connectivity index (χ3v) is 18.9. The second kappa shape index (κ2) is 66.3. The Balaban J connectivity index is 5.22. The van der Waals surface area contributed by atoms with Crippen LogP contribution in [0.1, 0.15) is 381 Å². The van der Waals surface area contributed by atoms with Gasteiger partial charge in [0, 0.05) is 25.7 Å². The van der Waals surface area contributed by atoms with Crippen molar-refractivity contribution >= 4 is 39.5 Å². The van der Waals surface area contributed by atoms with Gasteiger partial charge in [-0.2, -0.15) is 0 Å². The largest absolute Gasteiger partial charge is 0.472 e. The normalized spacial score (nSPS) is 14.0. The molecule has 19 heteroatoms. The fraction of sp³-hybridized carbons (Fsp3) is 0.945. The fourth-order valence-electron chi connectivity index (χ4n) is 11.2. The molecule has 0 radical (unpaired) electrons. The summed E-state index contributed by atoms with van der Waals surface area (Å²) >= 11 is 0. The first kappa shape index (κ1) is 90.1. The van der Waals surface area contributed by atoms with Gasteiger partial charge in [-0.3, -0.25) is 37.3 Å². The van der Waals surface area contributed by atoms with Crippen LogP contribution in [-0.4, -0.2) is 96.7 Å². The zero-order valence-electron chi connectivity index (χ0n) is 59.7. The topological polar surface area (TPSA) is 237 Å². The molecule has 0 aliphatic carbocycles. The van der Waals surface area contributed by atoms with Gasteiger partial charge in [0.15, 0.2) is 12.2 Å². The smallest absolute Gasteiger partial charge is 0.462 e. The number of aliphatic hydroxyl groups excluding tert-OH is 1. The van der Waals surface area contributed by atoms with Crippen LogP contribution >= 0.6 is 15.6 Å². The van der Waals surface area contributed by atoms with Crippen molar-refractivity contribution < 1.29 is 80.2 Å². The molecular formula is C73H142O17P2. The van der Waals surface area contributed by atoms with Gasteiger partial charge < -0.3 is 33.8 Å². The van der Waals surface area contributed by atoms with Gasteiger partial charge in [0.2, 0.25) is 0 Å². The van der Waals surface area contributed by atoms with Crippen LogP contribution < -0.4 is 0 Å². The molecule has 0 saturated heterocycles.